The summed E-state index contributed by atoms with van der Waals surface area (Å²) in [4.78, 5) is 13.3. The van der Waals surface area contributed by atoms with Crippen LogP contribution < -0.4 is 10.2 Å². The van der Waals surface area contributed by atoms with E-state index in [0.717, 1.165) is 55.5 Å². The van der Waals surface area contributed by atoms with E-state index in [9.17, 15) is 10.1 Å². The molecular formula is C15H20BrN3O2. The SMILES string of the molecule is O=[N+]([O-])c1ccc(Br)cc1N(CC1CCNCC1)C1CC1. The molecule has 1 aromatic carbocycles. The highest BCUT2D eigenvalue weighted by Gasteiger charge is 2.34. The van der Waals surface area contributed by atoms with Gasteiger partial charge in [0.15, 0.2) is 0 Å². The van der Waals surface area contributed by atoms with Crippen molar-refractivity contribution in [2.45, 2.75) is 31.7 Å². The van der Waals surface area contributed by atoms with Gasteiger partial charge in [0, 0.05) is 23.1 Å². The Morgan fingerprint density at radius 1 is 1.29 bits per heavy atom. The molecule has 1 saturated heterocycles. The maximum atomic E-state index is 11.3. The highest BCUT2D eigenvalue weighted by Crippen LogP contribution is 2.39. The van der Waals surface area contributed by atoms with Crippen LogP contribution in [0.1, 0.15) is 25.7 Å². The molecule has 1 N–H and O–H groups in total. The fourth-order valence-corrected chi connectivity index (χ4v) is 3.40. The van der Waals surface area contributed by atoms with Crippen molar-refractivity contribution in [1.29, 1.82) is 0 Å². The molecule has 0 aromatic heterocycles. The molecule has 1 saturated carbocycles. The molecule has 2 aliphatic rings. The maximum absolute atomic E-state index is 11.3. The highest BCUT2D eigenvalue weighted by molar-refractivity contribution is 9.10. The Labute approximate surface area is 133 Å². The number of nitrogens with zero attached hydrogens (tertiary/aromatic N) is 2. The summed E-state index contributed by atoms with van der Waals surface area (Å²) in [6.07, 6.45) is 4.61. The Balaban J connectivity index is 1.86. The second-order valence-electron chi connectivity index (χ2n) is 5.97. The third-order valence-corrected chi connectivity index (χ3v) is 4.84. The summed E-state index contributed by atoms with van der Waals surface area (Å²) in [5.41, 5.74) is 0.995. The summed E-state index contributed by atoms with van der Waals surface area (Å²) in [5.74, 6) is 0.630. The fourth-order valence-electron chi connectivity index (χ4n) is 3.05. The molecule has 2 fully saturated rings. The summed E-state index contributed by atoms with van der Waals surface area (Å²) in [5, 5.41) is 14.7. The molecule has 1 aliphatic heterocycles. The lowest BCUT2D eigenvalue weighted by Crippen LogP contribution is -2.37. The monoisotopic (exact) mass is 353 g/mol. The van der Waals surface area contributed by atoms with Gasteiger partial charge >= 0.3 is 0 Å². The first-order valence-corrected chi connectivity index (χ1v) is 8.36. The van der Waals surface area contributed by atoms with Crippen molar-refractivity contribution >= 4 is 27.3 Å². The van der Waals surface area contributed by atoms with E-state index in [0.29, 0.717) is 12.0 Å². The van der Waals surface area contributed by atoms with Crippen molar-refractivity contribution in [2.75, 3.05) is 24.5 Å². The van der Waals surface area contributed by atoms with Gasteiger partial charge in [0.1, 0.15) is 5.69 Å². The smallest absolute Gasteiger partial charge is 0.292 e. The summed E-state index contributed by atoms with van der Waals surface area (Å²) in [7, 11) is 0. The molecule has 0 unspecified atom stereocenters. The van der Waals surface area contributed by atoms with Gasteiger partial charge in [-0.3, -0.25) is 10.1 Å². The van der Waals surface area contributed by atoms with E-state index in [1.807, 2.05) is 6.07 Å². The van der Waals surface area contributed by atoms with Crippen molar-refractivity contribution in [2.24, 2.45) is 5.92 Å². The third-order valence-electron chi connectivity index (χ3n) is 4.34. The van der Waals surface area contributed by atoms with E-state index in [1.54, 1.807) is 12.1 Å². The second-order valence-corrected chi connectivity index (χ2v) is 6.88. The minimum absolute atomic E-state index is 0.221. The lowest BCUT2D eigenvalue weighted by Gasteiger charge is -2.31. The van der Waals surface area contributed by atoms with Gasteiger partial charge < -0.3 is 10.2 Å². The largest absolute Gasteiger partial charge is 0.363 e. The molecular weight excluding hydrogens is 334 g/mol. The lowest BCUT2D eigenvalue weighted by molar-refractivity contribution is -0.384. The summed E-state index contributed by atoms with van der Waals surface area (Å²) in [6, 6.07) is 5.74. The van der Waals surface area contributed by atoms with Gasteiger partial charge in [-0.2, -0.15) is 0 Å². The van der Waals surface area contributed by atoms with Gasteiger partial charge in [0.2, 0.25) is 0 Å². The molecule has 0 amide bonds. The molecule has 114 valence electrons. The van der Waals surface area contributed by atoms with Gasteiger partial charge in [-0.15, -0.1) is 0 Å². The van der Waals surface area contributed by atoms with Crippen LogP contribution in [0.5, 0.6) is 0 Å². The van der Waals surface area contributed by atoms with Crippen molar-refractivity contribution < 1.29 is 4.92 Å². The average Bonchev–Trinajstić information content (AvgIpc) is 3.30. The van der Waals surface area contributed by atoms with E-state index in [-0.39, 0.29) is 10.6 Å². The quantitative estimate of drug-likeness (QED) is 0.651. The first-order chi connectivity index (χ1) is 10.1. The second kappa shape index (κ2) is 6.32. The number of hydrogen-bond donors (Lipinski definition) is 1. The minimum atomic E-state index is -0.264. The van der Waals surface area contributed by atoms with Crippen molar-refractivity contribution in [3.05, 3.63) is 32.8 Å². The molecule has 21 heavy (non-hydrogen) atoms. The Morgan fingerprint density at radius 3 is 2.62 bits per heavy atom. The van der Waals surface area contributed by atoms with Crippen LogP contribution >= 0.6 is 15.9 Å². The molecule has 1 heterocycles. The fraction of sp³-hybridized carbons (Fsp3) is 0.600. The number of anilines is 1. The first-order valence-electron chi connectivity index (χ1n) is 7.56. The molecule has 0 atom stereocenters. The Bertz CT molecular complexity index is 528. The van der Waals surface area contributed by atoms with E-state index in [4.69, 9.17) is 0 Å². The third kappa shape index (κ3) is 3.55. The number of rotatable bonds is 5. The Kier molecular flexibility index (Phi) is 4.45. The van der Waals surface area contributed by atoms with E-state index >= 15 is 0 Å². The molecule has 6 heteroatoms. The highest BCUT2D eigenvalue weighted by atomic mass is 79.9. The summed E-state index contributed by atoms with van der Waals surface area (Å²) < 4.78 is 0.902. The van der Waals surface area contributed by atoms with Crippen molar-refractivity contribution in [3.8, 4) is 0 Å². The van der Waals surface area contributed by atoms with Crippen LogP contribution in [0, 0.1) is 16.0 Å². The molecule has 5 nitrogen and oxygen atoms in total. The zero-order valence-corrected chi connectivity index (χ0v) is 13.5. The average molecular weight is 354 g/mol. The maximum Gasteiger partial charge on any atom is 0.292 e. The van der Waals surface area contributed by atoms with Gasteiger partial charge in [-0.05, 0) is 56.8 Å². The zero-order chi connectivity index (χ0) is 14.8. The van der Waals surface area contributed by atoms with E-state index < -0.39 is 0 Å². The lowest BCUT2D eigenvalue weighted by atomic mass is 9.97. The van der Waals surface area contributed by atoms with Crippen LogP contribution in [0.25, 0.3) is 0 Å². The number of hydrogen-bond acceptors (Lipinski definition) is 4. The van der Waals surface area contributed by atoms with Crippen LogP contribution in [0.3, 0.4) is 0 Å². The van der Waals surface area contributed by atoms with Crippen molar-refractivity contribution in [1.82, 2.24) is 5.32 Å². The molecule has 1 aliphatic carbocycles. The molecule has 3 rings (SSSR count). The van der Waals surface area contributed by atoms with Gasteiger partial charge in [0.05, 0.1) is 4.92 Å². The number of benzene rings is 1. The number of nitro groups is 1. The van der Waals surface area contributed by atoms with Gasteiger partial charge in [-0.25, -0.2) is 0 Å². The van der Waals surface area contributed by atoms with Gasteiger partial charge in [-0.1, -0.05) is 15.9 Å². The Morgan fingerprint density at radius 2 is 2.00 bits per heavy atom. The van der Waals surface area contributed by atoms with Crippen molar-refractivity contribution in [3.63, 3.8) is 0 Å². The number of piperidine rings is 1. The van der Waals surface area contributed by atoms with Crippen LogP contribution in [0.2, 0.25) is 0 Å². The number of nitrogens with one attached hydrogen (secondary N) is 1. The molecule has 0 radical (unpaired) electrons. The first kappa shape index (κ1) is 14.8. The molecule has 0 bridgehead atoms. The van der Waals surface area contributed by atoms with Gasteiger partial charge in [0.25, 0.3) is 5.69 Å². The summed E-state index contributed by atoms with van der Waals surface area (Å²) in [6.45, 7) is 3.05. The van der Waals surface area contributed by atoms with Crippen LogP contribution in [-0.2, 0) is 0 Å². The minimum Gasteiger partial charge on any atom is -0.363 e. The topological polar surface area (TPSA) is 58.4 Å². The Hall–Kier alpha value is -1.14. The van der Waals surface area contributed by atoms with E-state index in [2.05, 4.69) is 26.1 Å². The van der Waals surface area contributed by atoms with E-state index in [1.165, 1.54) is 0 Å². The number of halogens is 1. The van der Waals surface area contributed by atoms with Crippen LogP contribution in [0.15, 0.2) is 22.7 Å². The van der Waals surface area contributed by atoms with Crippen LogP contribution in [-0.4, -0.2) is 30.6 Å². The number of nitro benzene ring substituents is 1. The standard InChI is InChI=1S/C15H20BrN3O2/c16-12-1-4-14(19(20)21)15(9-12)18(13-2-3-13)10-11-5-7-17-8-6-11/h1,4,9,11,13,17H,2-3,5-8,10H2. The normalized spacial score (nSPS) is 19.5. The predicted octanol–water partition coefficient (Wildman–Crippen LogP) is 3.33. The summed E-state index contributed by atoms with van der Waals surface area (Å²) >= 11 is 3.45. The molecule has 0 spiro atoms. The van der Waals surface area contributed by atoms with Crippen LogP contribution in [0.4, 0.5) is 11.4 Å². The molecule has 1 aromatic rings. The zero-order valence-electron chi connectivity index (χ0n) is 11.9. The predicted molar refractivity (Wildman–Crippen MR) is 86.8 cm³/mol.